The van der Waals surface area contributed by atoms with Crippen LogP contribution in [0.1, 0.15) is 23.9 Å². The highest BCUT2D eigenvalue weighted by Gasteiger charge is 2.18. The van der Waals surface area contributed by atoms with E-state index in [1.165, 1.54) is 0 Å². The van der Waals surface area contributed by atoms with E-state index in [1.54, 1.807) is 19.1 Å². The molecule has 0 atom stereocenters. The Morgan fingerprint density at radius 3 is 2.76 bits per heavy atom. The van der Waals surface area contributed by atoms with E-state index in [4.69, 9.17) is 0 Å². The maximum absolute atomic E-state index is 12.4. The number of H-pyrrole nitrogens is 1. The largest absolute Gasteiger partial charge is 0.313 e. The lowest BCUT2D eigenvalue weighted by molar-refractivity contribution is 0.578. The molecule has 0 unspecified atom stereocenters. The number of benzene rings is 1. The molecule has 0 spiro atoms. The van der Waals surface area contributed by atoms with Gasteiger partial charge in [-0.3, -0.25) is 0 Å². The molecule has 9 heteroatoms. The summed E-state index contributed by atoms with van der Waals surface area (Å²) < 4.78 is 27.2. The van der Waals surface area contributed by atoms with Crippen molar-refractivity contribution in [2.75, 3.05) is 6.54 Å². The van der Waals surface area contributed by atoms with Gasteiger partial charge in [0.2, 0.25) is 10.0 Å². The molecule has 1 heterocycles. The van der Waals surface area contributed by atoms with E-state index in [9.17, 15) is 8.42 Å². The van der Waals surface area contributed by atoms with E-state index in [0.29, 0.717) is 12.4 Å². The molecule has 21 heavy (non-hydrogen) atoms. The highest BCUT2D eigenvalue weighted by molar-refractivity contribution is 7.89. The van der Waals surface area contributed by atoms with Crippen LogP contribution in [-0.2, 0) is 23.1 Å². The van der Waals surface area contributed by atoms with Crippen LogP contribution >= 0.6 is 0 Å². The minimum atomic E-state index is -3.61. The molecule has 1 aromatic heterocycles. The zero-order valence-corrected chi connectivity index (χ0v) is 12.7. The van der Waals surface area contributed by atoms with Gasteiger partial charge in [-0.1, -0.05) is 24.3 Å². The van der Waals surface area contributed by atoms with Crippen LogP contribution in [0.25, 0.3) is 0 Å². The van der Waals surface area contributed by atoms with Crippen molar-refractivity contribution >= 4 is 10.0 Å². The minimum Gasteiger partial charge on any atom is -0.313 e. The predicted octanol–water partition coefficient (Wildman–Crippen LogP) is 0.0961. The Hall–Kier alpha value is -1.84. The van der Waals surface area contributed by atoms with Gasteiger partial charge in [0.25, 0.3) is 0 Å². The summed E-state index contributed by atoms with van der Waals surface area (Å²) in [6.45, 7) is 5.26. The average Bonchev–Trinajstić information content (AvgIpc) is 2.97. The van der Waals surface area contributed by atoms with Gasteiger partial charge in [-0.2, -0.15) is 5.21 Å². The topological polar surface area (TPSA) is 113 Å². The second-order valence-electron chi connectivity index (χ2n) is 4.47. The standard InChI is InChI=1S/C12H18N6O2S/c1-3-13-7-10-5-4-6-11(9(10)2)21(19,20)14-8-12-15-17-18-16-12/h4-6,13-14H,3,7-8H2,1-2H3,(H,15,16,17,18). The van der Waals surface area contributed by atoms with Gasteiger partial charge in [-0.25, -0.2) is 13.1 Å². The van der Waals surface area contributed by atoms with Crippen molar-refractivity contribution < 1.29 is 8.42 Å². The van der Waals surface area contributed by atoms with Crippen molar-refractivity contribution in [2.24, 2.45) is 0 Å². The summed E-state index contributed by atoms with van der Waals surface area (Å²) >= 11 is 0. The number of hydrogen-bond donors (Lipinski definition) is 3. The van der Waals surface area contributed by atoms with Gasteiger partial charge in [-0.15, -0.1) is 10.2 Å². The van der Waals surface area contributed by atoms with Crippen molar-refractivity contribution in [1.82, 2.24) is 30.7 Å². The van der Waals surface area contributed by atoms with Crippen LogP contribution in [-0.4, -0.2) is 35.6 Å². The fourth-order valence-electron chi connectivity index (χ4n) is 1.90. The Kier molecular flexibility index (Phi) is 4.99. The van der Waals surface area contributed by atoms with Gasteiger partial charge in [0.15, 0.2) is 5.82 Å². The molecule has 0 radical (unpaired) electrons. The fraction of sp³-hybridized carbons (Fsp3) is 0.417. The van der Waals surface area contributed by atoms with Gasteiger partial charge < -0.3 is 5.32 Å². The highest BCUT2D eigenvalue weighted by Crippen LogP contribution is 2.19. The Labute approximate surface area is 123 Å². The molecule has 8 nitrogen and oxygen atoms in total. The number of hydrogen-bond acceptors (Lipinski definition) is 6. The van der Waals surface area contributed by atoms with E-state index >= 15 is 0 Å². The van der Waals surface area contributed by atoms with Crippen LogP contribution in [0.4, 0.5) is 0 Å². The summed E-state index contributed by atoms with van der Waals surface area (Å²) in [4.78, 5) is 0.265. The van der Waals surface area contributed by atoms with Crippen LogP contribution in [0, 0.1) is 6.92 Å². The molecule has 3 N–H and O–H groups in total. The molecule has 0 bridgehead atoms. The Morgan fingerprint density at radius 1 is 1.29 bits per heavy atom. The number of nitrogens with one attached hydrogen (secondary N) is 3. The quantitative estimate of drug-likeness (QED) is 0.668. The number of aromatic nitrogens is 4. The first-order valence-electron chi connectivity index (χ1n) is 6.55. The second kappa shape index (κ2) is 6.74. The normalized spacial score (nSPS) is 11.7. The van der Waals surface area contributed by atoms with Crippen molar-refractivity contribution in [3.05, 3.63) is 35.2 Å². The number of aromatic amines is 1. The monoisotopic (exact) mass is 310 g/mol. The molecule has 0 aliphatic heterocycles. The van der Waals surface area contributed by atoms with Crippen molar-refractivity contribution in [3.8, 4) is 0 Å². The highest BCUT2D eigenvalue weighted by atomic mass is 32.2. The smallest absolute Gasteiger partial charge is 0.241 e. The zero-order chi connectivity index (χ0) is 15.3. The molecule has 0 saturated heterocycles. The van der Waals surface area contributed by atoms with Gasteiger partial charge in [0.1, 0.15) is 0 Å². The lowest BCUT2D eigenvalue weighted by Crippen LogP contribution is -2.25. The minimum absolute atomic E-state index is 0.00426. The van der Waals surface area contributed by atoms with Crippen LogP contribution in [0.5, 0.6) is 0 Å². The molecule has 0 aliphatic rings. The van der Waals surface area contributed by atoms with Crippen LogP contribution < -0.4 is 10.0 Å². The first kappa shape index (κ1) is 15.5. The van der Waals surface area contributed by atoms with E-state index in [1.807, 2.05) is 13.0 Å². The average molecular weight is 310 g/mol. The third-order valence-corrected chi connectivity index (χ3v) is 4.61. The Morgan fingerprint density at radius 2 is 2.10 bits per heavy atom. The van der Waals surface area contributed by atoms with Gasteiger partial charge in [-0.05, 0) is 30.7 Å². The lowest BCUT2D eigenvalue weighted by atomic mass is 10.1. The molecule has 0 amide bonds. The molecule has 0 aliphatic carbocycles. The second-order valence-corrected chi connectivity index (χ2v) is 6.21. The third kappa shape index (κ3) is 3.84. The Balaban J connectivity index is 2.19. The third-order valence-electron chi connectivity index (χ3n) is 3.06. The summed E-state index contributed by atoms with van der Waals surface area (Å²) in [6.07, 6.45) is 0. The lowest BCUT2D eigenvalue weighted by Gasteiger charge is -2.12. The molecular formula is C12H18N6O2S. The van der Waals surface area contributed by atoms with Gasteiger partial charge >= 0.3 is 0 Å². The summed E-state index contributed by atoms with van der Waals surface area (Å²) in [5.74, 6) is 0.292. The SMILES string of the molecule is CCNCc1cccc(S(=O)(=O)NCc2nn[nH]n2)c1C. The number of sulfonamides is 1. The number of tetrazole rings is 1. The summed E-state index contributed by atoms with van der Waals surface area (Å²) in [6, 6.07) is 5.24. The number of rotatable bonds is 7. The van der Waals surface area contributed by atoms with E-state index in [-0.39, 0.29) is 11.4 Å². The van der Waals surface area contributed by atoms with E-state index in [0.717, 1.165) is 17.7 Å². The van der Waals surface area contributed by atoms with Crippen molar-refractivity contribution in [1.29, 1.82) is 0 Å². The first-order chi connectivity index (χ1) is 10.0. The van der Waals surface area contributed by atoms with Gasteiger partial charge in [0.05, 0.1) is 11.4 Å². The summed E-state index contributed by atoms with van der Waals surface area (Å²) in [5, 5.41) is 16.3. The van der Waals surface area contributed by atoms with Crippen molar-refractivity contribution in [2.45, 2.75) is 31.8 Å². The Bertz CT molecular complexity index is 684. The summed E-state index contributed by atoms with van der Waals surface area (Å²) in [7, 11) is -3.61. The van der Waals surface area contributed by atoms with Crippen LogP contribution in [0.15, 0.2) is 23.1 Å². The number of nitrogens with zero attached hydrogens (tertiary/aromatic N) is 3. The van der Waals surface area contributed by atoms with E-state index in [2.05, 4.69) is 30.7 Å². The molecule has 0 fully saturated rings. The maximum atomic E-state index is 12.4. The first-order valence-corrected chi connectivity index (χ1v) is 8.04. The molecule has 2 aromatic rings. The molecular weight excluding hydrogens is 292 g/mol. The zero-order valence-electron chi connectivity index (χ0n) is 11.9. The fourth-order valence-corrected chi connectivity index (χ4v) is 3.16. The van der Waals surface area contributed by atoms with Crippen molar-refractivity contribution in [3.63, 3.8) is 0 Å². The van der Waals surface area contributed by atoms with Crippen LogP contribution in [0.3, 0.4) is 0 Å². The predicted molar refractivity (Wildman–Crippen MR) is 76.8 cm³/mol. The summed E-state index contributed by atoms with van der Waals surface area (Å²) in [5.41, 5.74) is 1.69. The van der Waals surface area contributed by atoms with Crippen LogP contribution in [0.2, 0.25) is 0 Å². The van der Waals surface area contributed by atoms with Gasteiger partial charge in [0, 0.05) is 6.54 Å². The molecule has 2 rings (SSSR count). The maximum Gasteiger partial charge on any atom is 0.241 e. The van der Waals surface area contributed by atoms with E-state index < -0.39 is 10.0 Å². The molecule has 114 valence electrons. The molecule has 0 saturated carbocycles. The molecule has 1 aromatic carbocycles.